The van der Waals surface area contributed by atoms with Gasteiger partial charge in [-0.05, 0) is 68.7 Å². The van der Waals surface area contributed by atoms with Crippen molar-refractivity contribution in [2.75, 3.05) is 39.4 Å². The topological polar surface area (TPSA) is 59.1 Å². The molecule has 30 heavy (non-hydrogen) atoms. The predicted molar refractivity (Wildman–Crippen MR) is 116 cm³/mol. The Labute approximate surface area is 178 Å². The molecule has 0 saturated carbocycles. The standard InChI is InChI=1S/C24H30N2O4/c1-4-29-21-11-9-20(10-12-21)24(28)26-14-6-13-25(15-16-26)23(27)17-30-22-8-5-7-18(2)19(22)3/h5,7-12H,4,6,13-17H2,1-3H3. The van der Waals surface area contributed by atoms with Crippen molar-refractivity contribution in [2.45, 2.75) is 27.2 Å². The van der Waals surface area contributed by atoms with Crippen LogP contribution in [0.25, 0.3) is 0 Å². The van der Waals surface area contributed by atoms with Gasteiger partial charge >= 0.3 is 0 Å². The lowest BCUT2D eigenvalue weighted by Gasteiger charge is -2.22. The van der Waals surface area contributed by atoms with Gasteiger partial charge < -0.3 is 19.3 Å². The molecular formula is C24H30N2O4. The Hall–Kier alpha value is -3.02. The smallest absolute Gasteiger partial charge is 0.260 e. The Morgan fingerprint density at radius 1 is 0.900 bits per heavy atom. The quantitative estimate of drug-likeness (QED) is 0.732. The van der Waals surface area contributed by atoms with E-state index in [1.165, 1.54) is 0 Å². The minimum Gasteiger partial charge on any atom is -0.494 e. The van der Waals surface area contributed by atoms with Gasteiger partial charge in [-0.3, -0.25) is 9.59 Å². The summed E-state index contributed by atoms with van der Waals surface area (Å²) in [6.07, 6.45) is 0.748. The number of benzene rings is 2. The Morgan fingerprint density at radius 3 is 2.33 bits per heavy atom. The molecule has 1 fully saturated rings. The van der Waals surface area contributed by atoms with Crippen LogP contribution in [0.5, 0.6) is 11.5 Å². The van der Waals surface area contributed by atoms with Gasteiger partial charge in [-0.1, -0.05) is 12.1 Å². The highest BCUT2D eigenvalue weighted by molar-refractivity contribution is 5.94. The fourth-order valence-electron chi connectivity index (χ4n) is 3.52. The van der Waals surface area contributed by atoms with E-state index in [9.17, 15) is 9.59 Å². The van der Waals surface area contributed by atoms with Crippen molar-refractivity contribution in [3.63, 3.8) is 0 Å². The van der Waals surface area contributed by atoms with E-state index in [4.69, 9.17) is 9.47 Å². The van der Waals surface area contributed by atoms with Gasteiger partial charge in [0, 0.05) is 31.7 Å². The summed E-state index contributed by atoms with van der Waals surface area (Å²) in [6, 6.07) is 13.0. The Bertz CT molecular complexity index is 879. The number of hydrogen-bond donors (Lipinski definition) is 0. The number of nitrogens with zero attached hydrogens (tertiary/aromatic N) is 2. The van der Waals surface area contributed by atoms with Crippen molar-refractivity contribution < 1.29 is 19.1 Å². The zero-order valence-corrected chi connectivity index (χ0v) is 18.0. The first-order chi connectivity index (χ1) is 14.5. The molecule has 1 aliphatic rings. The van der Waals surface area contributed by atoms with Crippen LogP contribution in [-0.4, -0.2) is 61.0 Å². The van der Waals surface area contributed by atoms with Crippen LogP contribution in [0.3, 0.4) is 0 Å². The lowest BCUT2D eigenvalue weighted by atomic mass is 10.1. The Morgan fingerprint density at radius 2 is 1.60 bits per heavy atom. The first-order valence-corrected chi connectivity index (χ1v) is 10.5. The lowest BCUT2D eigenvalue weighted by molar-refractivity contribution is -0.133. The summed E-state index contributed by atoms with van der Waals surface area (Å²) in [4.78, 5) is 29.1. The summed E-state index contributed by atoms with van der Waals surface area (Å²) >= 11 is 0. The molecule has 1 saturated heterocycles. The first-order valence-electron chi connectivity index (χ1n) is 10.5. The van der Waals surface area contributed by atoms with E-state index in [2.05, 4.69) is 0 Å². The fourth-order valence-corrected chi connectivity index (χ4v) is 3.52. The minimum absolute atomic E-state index is 0.0110. The average Bonchev–Trinajstić information content (AvgIpc) is 3.01. The fraction of sp³-hybridized carbons (Fsp3) is 0.417. The number of hydrogen-bond acceptors (Lipinski definition) is 4. The SMILES string of the molecule is CCOc1ccc(C(=O)N2CCCN(C(=O)COc3cccc(C)c3C)CC2)cc1. The highest BCUT2D eigenvalue weighted by Crippen LogP contribution is 2.21. The molecule has 0 bridgehead atoms. The van der Waals surface area contributed by atoms with Gasteiger partial charge in [-0.25, -0.2) is 0 Å². The molecule has 0 unspecified atom stereocenters. The monoisotopic (exact) mass is 410 g/mol. The zero-order chi connectivity index (χ0) is 21.5. The summed E-state index contributed by atoms with van der Waals surface area (Å²) in [5, 5.41) is 0. The number of amides is 2. The molecule has 6 heteroatoms. The lowest BCUT2D eigenvalue weighted by Crippen LogP contribution is -2.39. The Kier molecular flexibility index (Phi) is 7.33. The van der Waals surface area contributed by atoms with Crippen LogP contribution in [-0.2, 0) is 4.79 Å². The van der Waals surface area contributed by atoms with Crippen LogP contribution < -0.4 is 9.47 Å². The zero-order valence-electron chi connectivity index (χ0n) is 18.0. The maximum atomic E-state index is 12.8. The molecule has 0 aromatic heterocycles. The molecule has 2 aromatic carbocycles. The molecule has 6 nitrogen and oxygen atoms in total. The van der Waals surface area contributed by atoms with Crippen LogP contribution in [0, 0.1) is 13.8 Å². The second-order valence-corrected chi connectivity index (χ2v) is 7.47. The molecular weight excluding hydrogens is 380 g/mol. The van der Waals surface area contributed by atoms with Gasteiger partial charge in [0.2, 0.25) is 0 Å². The molecule has 0 aliphatic carbocycles. The third kappa shape index (κ3) is 5.32. The molecule has 2 aromatic rings. The minimum atomic E-state index is -0.0497. The summed E-state index contributed by atoms with van der Waals surface area (Å²) < 4.78 is 11.2. The summed E-state index contributed by atoms with van der Waals surface area (Å²) in [7, 11) is 0. The summed E-state index contributed by atoms with van der Waals surface area (Å²) in [5.74, 6) is 1.43. The molecule has 0 atom stereocenters. The number of carbonyl (C=O) groups is 2. The number of rotatable bonds is 6. The van der Waals surface area contributed by atoms with Gasteiger partial charge in [0.05, 0.1) is 6.61 Å². The summed E-state index contributed by atoms with van der Waals surface area (Å²) in [5.41, 5.74) is 2.82. The summed E-state index contributed by atoms with van der Waals surface area (Å²) in [6.45, 7) is 8.83. The second-order valence-electron chi connectivity index (χ2n) is 7.47. The van der Waals surface area contributed by atoms with E-state index in [-0.39, 0.29) is 18.4 Å². The molecule has 160 valence electrons. The van der Waals surface area contributed by atoms with Gasteiger partial charge in [0.1, 0.15) is 11.5 Å². The third-order valence-corrected chi connectivity index (χ3v) is 5.45. The highest BCUT2D eigenvalue weighted by atomic mass is 16.5. The van der Waals surface area contributed by atoms with Crippen LogP contribution in [0.15, 0.2) is 42.5 Å². The van der Waals surface area contributed by atoms with Gasteiger partial charge in [-0.15, -0.1) is 0 Å². The van der Waals surface area contributed by atoms with Crippen LogP contribution in [0.2, 0.25) is 0 Å². The number of aryl methyl sites for hydroxylation is 1. The maximum absolute atomic E-state index is 12.8. The third-order valence-electron chi connectivity index (χ3n) is 5.45. The molecule has 2 amide bonds. The molecule has 0 radical (unpaired) electrons. The number of carbonyl (C=O) groups excluding carboxylic acids is 2. The van der Waals surface area contributed by atoms with Crippen molar-refractivity contribution in [1.82, 2.24) is 9.80 Å². The van der Waals surface area contributed by atoms with Crippen molar-refractivity contribution >= 4 is 11.8 Å². The van der Waals surface area contributed by atoms with E-state index >= 15 is 0 Å². The largest absolute Gasteiger partial charge is 0.494 e. The van der Waals surface area contributed by atoms with E-state index in [1.54, 1.807) is 17.0 Å². The van der Waals surface area contributed by atoms with Crippen LogP contribution >= 0.6 is 0 Å². The highest BCUT2D eigenvalue weighted by Gasteiger charge is 2.23. The predicted octanol–water partition coefficient (Wildman–Crippen LogP) is 3.46. The molecule has 0 N–H and O–H groups in total. The maximum Gasteiger partial charge on any atom is 0.260 e. The average molecular weight is 411 g/mol. The molecule has 1 heterocycles. The van der Waals surface area contributed by atoms with E-state index in [1.807, 2.05) is 56.0 Å². The van der Waals surface area contributed by atoms with Gasteiger partial charge in [0.25, 0.3) is 11.8 Å². The van der Waals surface area contributed by atoms with Crippen LogP contribution in [0.4, 0.5) is 0 Å². The van der Waals surface area contributed by atoms with Gasteiger partial charge in [0.15, 0.2) is 6.61 Å². The Balaban J connectivity index is 1.54. The first kappa shape index (κ1) is 21.7. The molecule has 1 aliphatic heterocycles. The van der Waals surface area contributed by atoms with Gasteiger partial charge in [-0.2, -0.15) is 0 Å². The van der Waals surface area contributed by atoms with Crippen molar-refractivity contribution in [1.29, 1.82) is 0 Å². The second kappa shape index (κ2) is 10.1. The van der Waals surface area contributed by atoms with E-state index < -0.39 is 0 Å². The van der Waals surface area contributed by atoms with Crippen molar-refractivity contribution in [2.24, 2.45) is 0 Å². The molecule has 0 spiro atoms. The van der Waals surface area contributed by atoms with E-state index in [0.29, 0.717) is 38.3 Å². The number of ether oxygens (including phenoxy) is 2. The van der Waals surface area contributed by atoms with Crippen molar-refractivity contribution in [3.8, 4) is 11.5 Å². The normalized spacial score (nSPS) is 14.2. The van der Waals surface area contributed by atoms with Crippen molar-refractivity contribution in [3.05, 3.63) is 59.2 Å². The van der Waals surface area contributed by atoms with Crippen LogP contribution in [0.1, 0.15) is 34.8 Å². The van der Waals surface area contributed by atoms with E-state index in [0.717, 1.165) is 29.0 Å². The molecule has 3 rings (SSSR count).